The van der Waals surface area contributed by atoms with Gasteiger partial charge >= 0.3 is 5.97 Å². The quantitative estimate of drug-likeness (QED) is 0.354. The molecule has 0 bridgehead atoms. The Morgan fingerprint density at radius 1 is 1.11 bits per heavy atom. The van der Waals surface area contributed by atoms with Gasteiger partial charge in [0.1, 0.15) is 13.2 Å². The number of esters is 1. The zero-order valence-electron chi connectivity index (χ0n) is 20.0. The van der Waals surface area contributed by atoms with Crippen LogP contribution in [0.5, 0.6) is 11.5 Å². The second-order valence-electron chi connectivity index (χ2n) is 8.50. The van der Waals surface area contributed by atoms with Crippen LogP contribution in [0.1, 0.15) is 48.7 Å². The van der Waals surface area contributed by atoms with E-state index >= 15 is 0 Å². The first kappa shape index (κ1) is 23.5. The largest absolute Gasteiger partial charge is 0.486 e. The first-order valence-corrected chi connectivity index (χ1v) is 13.1. The fraction of sp³-hybridized carbons (Fsp3) is 0.423. The normalized spacial score (nSPS) is 17.1. The van der Waals surface area contributed by atoms with Crippen molar-refractivity contribution in [3.8, 4) is 11.5 Å². The summed E-state index contributed by atoms with van der Waals surface area (Å²) in [5.41, 5.74) is 3.22. The smallest absolute Gasteiger partial charge is 0.338 e. The van der Waals surface area contributed by atoms with E-state index in [1.54, 1.807) is 19.1 Å². The molecule has 9 heteroatoms. The monoisotopic (exact) mass is 495 g/mol. The number of carbonyl (C=O) groups excluding carboxylic acids is 2. The van der Waals surface area contributed by atoms with Crippen LogP contribution in [0.25, 0.3) is 11.0 Å². The Hall–Kier alpha value is -3.20. The lowest BCUT2D eigenvalue weighted by atomic mass is 10.0. The number of hydrogen-bond acceptors (Lipinski definition) is 7. The number of benzene rings is 2. The number of nitrogens with zero attached hydrogens (tertiary/aromatic N) is 3. The molecule has 2 aromatic carbocycles. The van der Waals surface area contributed by atoms with E-state index in [-0.39, 0.29) is 17.9 Å². The first-order valence-electron chi connectivity index (χ1n) is 12.1. The minimum absolute atomic E-state index is 0.0380. The number of aromatic nitrogens is 2. The molecule has 1 aromatic heterocycles. The Bertz CT molecular complexity index is 1260. The van der Waals surface area contributed by atoms with Gasteiger partial charge in [0.25, 0.3) is 0 Å². The fourth-order valence-corrected chi connectivity index (χ4v) is 5.72. The van der Waals surface area contributed by atoms with Crippen LogP contribution in [0.2, 0.25) is 0 Å². The van der Waals surface area contributed by atoms with Crippen molar-refractivity contribution in [1.82, 2.24) is 14.5 Å². The van der Waals surface area contributed by atoms with Gasteiger partial charge in [-0.3, -0.25) is 4.79 Å². The van der Waals surface area contributed by atoms with E-state index in [4.69, 9.17) is 19.2 Å². The van der Waals surface area contributed by atoms with Crippen LogP contribution in [0.3, 0.4) is 0 Å². The summed E-state index contributed by atoms with van der Waals surface area (Å²) >= 11 is 1.44. The van der Waals surface area contributed by atoms with Crippen LogP contribution >= 0.6 is 11.8 Å². The van der Waals surface area contributed by atoms with Gasteiger partial charge < -0.3 is 23.7 Å². The number of hydrogen-bond donors (Lipinski definition) is 0. The second-order valence-corrected chi connectivity index (χ2v) is 9.44. The summed E-state index contributed by atoms with van der Waals surface area (Å²) in [4.78, 5) is 32.1. The lowest BCUT2D eigenvalue weighted by molar-refractivity contribution is -0.129. The SMILES string of the molecule is CCOC(=O)c1ccc2c(c1)nc(SCC(=O)N1CCC[C@@H]1c1ccc3c(c1)OCCO3)n2CC. The molecule has 0 N–H and O–H groups in total. The predicted octanol–water partition coefficient (Wildman–Crippen LogP) is 4.46. The Kier molecular flexibility index (Phi) is 6.86. The highest BCUT2D eigenvalue weighted by atomic mass is 32.2. The summed E-state index contributed by atoms with van der Waals surface area (Å²) in [6, 6.07) is 11.4. The number of fused-ring (bicyclic) bond motifs is 2. The summed E-state index contributed by atoms with van der Waals surface area (Å²) in [7, 11) is 0. The van der Waals surface area contributed by atoms with E-state index in [0.717, 1.165) is 59.2 Å². The van der Waals surface area contributed by atoms with Crippen molar-refractivity contribution in [3.63, 3.8) is 0 Å². The molecule has 3 aromatic rings. The van der Waals surface area contributed by atoms with Gasteiger partial charge in [-0.05, 0) is 62.6 Å². The highest BCUT2D eigenvalue weighted by Gasteiger charge is 2.31. The minimum atomic E-state index is -0.357. The lowest BCUT2D eigenvalue weighted by Gasteiger charge is -2.26. The average Bonchev–Trinajstić information content (AvgIpc) is 3.51. The molecule has 35 heavy (non-hydrogen) atoms. The summed E-state index contributed by atoms with van der Waals surface area (Å²) in [6.07, 6.45) is 1.90. The molecule has 1 saturated heterocycles. The number of aryl methyl sites for hydroxylation is 1. The third kappa shape index (κ3) is 4.69. The molecule has 0 radical (unpaired) electrons. The Morgan fingerprint density at radius 3 is 2.74 bits per heavy atom. The first-order chi connectivity index (χ1) is 17.1. The molecule has 0 unspecified atom stereocenters. The van der Waals surface area contributed by atoms with E-state index in [1.165, 1.54) is 11.8 Å². The molecule has 2 aliphatic heterocycles. The highest BCUT2D eigenvalue weighted by molar-refractivity contribution is 7.99. The molecule has 0 spiro atoms. The molecule has 1 amide bonds. The van der Waals surface area contributed by atoms with Crippen LogP contribution in [0, 0.1) is 0 Å². The minimum Gasteiger partial charge on any atom is -0.486 e. The molecule has 0 aliphatic carbocycles. The summed E-state index contributed by atoms with van der Waals surface area (Å²) in [6.45, 7) is 6.72. The number of amides is 1. The molecular formula is C26H29N3O5S. The fourth-order valence-electron chi connectivity index (χ4n) is 4.75. The maximum Gasteiger partial charge on any atom is 0.338 e. The van der Waals surface area contributed by atoms with Crippen LogP contribution in [0.4, 0.5) is 0 Å². The van der Waals surface area contributed by atoms with Crippen molar-refractivity contribution in [1.29, 1.82) is 0 Å². The topological polar surface area (TPSA) is 82.9 Å². The molecule has 1 atom stereocenters. The van der Waals surface area contributed by atoms with Gasteiger partial charge in [-0.15, -0.1) is 0 Å². The lowest BCUT2D eigenvalue weighted by Crippen LogP contribution is -2.32. The third-order valence-electron chi connectivity index (χ3n) is 6.39. The Labute approximate surface area is 208 Å². The molecule has 184 valence electrons. The predicted molar refractivity (Wildman–Crippen MR) is 133 cm³/mol. The van der Waals surface area contributed by atoms with Gasteiger partial charge in [0.2, 0.25) is 5.91 Å². The van der Waals surface area contributed by atoms with E-state index in [1.807, 2.05) is 36.1 Å². The van der Waals surface area contributed by atoms with Crippen molar-refractivity contribution in [2.24, 2.45) is 0 Å². The Morgan fingerprint density at radius 2 is 1.94 bits per heavy atom. The molecular weight excluding hydrogens is 466 g/mol. The number of ether oxygens (including phenoxy) is 3. The van der Waals surface area contributed by atoms with Crippen LogP contribution in [-0.2, 0) is 16.1 Å². The van der Waals surface area contributed by atoms with Crippen molar-refractivity contribution < 1.29 is 23.8 Å². The Balaban J connectivity index is 1.31. The van der Waals surface area contributed by atoms with Crippen LogP contribution in [0.15, 0.2) is 41.6 Å². The summed E-state index contributed by atoms with van der Waals surface area (Å²) in [5.74, 6) is 1.55. The zero-order chi connectivity index (χ0) is 24.4. The van der Waals surface area contributed by atoms with E-state index in [9.17, 15) is 9.59 Å². The number of thioether (sulfide) groups is 1. The number of imidazole rings is 1. The second kappa shape index (κ2) is 10.2. The molecule has 0 saturated carbocycles. The molecule has 1 fully saturated rings. The highest BCUT2D eigenvalue weighted by Crippen LogP contribution is 2.38. The van der Waals surface area contributed by atoms with Crippen LogP contribution in [-0.4, -0.2) is 58.4 Å². The van der Waals surface area contributed by atoms with Crippen molar-refractivity contribution in [3.05, 3.63) is 47.5 Å². The third-order valence-corrected chi connectivity index (χ3v) is 7.35. The van der Waals surface area contributed by atoms with E-state index in [2.05, 4.69) is 4.57 Å². The molecule has 8 nitrogen and oxygen atoms in total. The van der Waals surface area contributed by atoms with Crippen molar-refractivity contribution in [2.45, 2.75) is 44.4 Å². The summed E-state index contributed by atoms with van der Waals surface area (Å²) < 4.78 is 18.6. The molecule has 5 rings (SSSR count). The van der Waals surface area contributed by atoms with Crippen molar-refractivity contribution >= 4 is 34.7 Å². The van der Waals surface area contributed by atoms with Gasteiger partial charge in [-0.2, -0.15) is 0 Å². The maximum atomic E-state index is 13.3. The molecule has 3 heterocycles. The van der Waals surface area contributed by atoms with Crippen LogP contribution < -0.4 is 9.47 Å². The van der Waals surface area contributed by atoms with Gasteiger partial charge in [-0.25, -0.2) is 9.78 Å². The number of carbonyl (C=O) groups is 2. The summed E-state index contributed by atoms with van der Waals surface area (Å²) in [5, 5.41) is 0.770. The number of likely N-dealkylation sites (tertiary alicyclic amines) is 1. The van der Waals surface area contributed by atoms with Gasteiger partial charge in [0.05, 0.1) is 35.0 Å². The van der Waals surface area contributed by atoms with Crippen molar-refractivity contribution in [2.75, 3.05) is 32.1 Å². The zero-order valence-corrected chi connectivity index (χ0v) is 20.8. The molecule has 2 aliphatic rings. The van der Waals surface area contributed by atoms with E-state index < -0.39 is 0 Å². The van der Waals surface area contributed by atoms with E-state index in [0.29, 0.717) is 31.1 Å². The number of rotatable bonds is 7. The van der Waals surface area contributed by atoms with Gasteiger partial charge in [0.15, 0.2) is 16.7 Å². The maximum absolute atomic E-state index is 13.3. The van der Waals surface area contributed by atoms with Gasteiger partial charge in [-0.1, -0.05) is 17.8 Å². The van der Waals surface area contributed by atoms with Gasteiger partial charge in [0, 0.05) is 13.1 Å². The average molecular weight is 496 g/mol. The standard InChI is InChI=1S/C26H29N3O5S/c1-3-28-21-9-7-18(25(31)32-4-2)14-19(21)27-26(28)35-16-24(30)29-11-5-6-20(29)17-8-10-22-23(15-17)34-13-12-33-22/h7-10,14-15,20H,3-6,11-13,16H2,1-2H3/t20-/m1/s1.